The number of rotatable bonds is 6. The van der Waals surface area contributed by atoms with Crippen molar-refractivity contribution in [1.29, 1.82) is 0 Å². The third-order valence-electron chi connectivity index (χ3n) is 6.16. The van der Waals surface area contributed by atoms with E-state index in [0.717, 1.165) is 40.7 Å². The van der Waals surface area contributed by atoms with Crippen molar-refractivity contribution < 1.29 is 9.59 Å². The first-order valence-electron chi connectivity index (χ1n) is 10.9. The van der Waals surface area contributed by atoms with Gasteiger partial charge in [-0.15, -0.1) is 11.3 Å². The molecule has 2 atom stereocenters. The summed E-state index contributed by atoms with van der Waals surface area (Å²) in [5.74, 6) is 0.891. The largest absolute Gasteiger partial charge is 0.352 e. The molecule has 1 aromatic heterocycles. The number of hydrogen-bond acceptors (Lipinski definition) is 4. The summed E-state index contributed by atoms with van der Waals surface area (Å²) in [7, 11) is 0. The Balaban J connectivity index is 1.37. The van der Waals surface area contributed by atoms with Crippen molar-refractivity contribution in [3.8, 4) is 0 Å². The molecule has 2 aromatic carbocycles. The average molecular weight is 436 g/mol. The molecular formula is C25H29N3O2S. The van der Waals surface area contributed by atoms with Gasteiger partial charge in [-0.3, -0.25) is 9.59 Å². The quantitative estimate of drug-likeness (QED) is 0.512. The van der Waals surface area contributed by atoms with E-state index in [9.17, 15) is 9.59 Å². The Kier molecular flexibility index (Phi) is 6.68. The van der Waals surface area contributed by atoms with E-state index >= 15 is 0 Å². The Bertz CT molecular complexity index is 1060. The van der Waals surface area contributed by atoms with Crippen LogP contribution in [0.5, 0.6) is 0 Å². The van der Waals surface area contributed by atoms with E-state index in [2.05, 4.69) is 10.6 Å². The van der Waals surface area contributed by atoms with Crippen LogP contribution in [0.25, 0.3) is 10.1 Å². The normalized spacial score (nSPS) is 18.6. The van der Waals surface area contributed by atoms with Gasteiger partial charge in [0.1, 0.15) is 0 Å². The molecule has 4 rings (SSSR count). The highest BCUT2D eigenvalue weighted by molar-refractivity contribution is 7.20. The minimum absolute atomic E-state index is 0.0691. The molecule has 2 amide bonds. The number of carbonyl (C=O) groups is 2. The minimum Gasteiger partial charge on any atom is -0.352 e. The Morgan fingerprint density at radius 2 is 1.87 bits per heavy atom. The Morgan fingerprint density at radius 3 is 2.65 bits per heavy atom. The van der Waals surface area contributed by atoms with Crippen LogP contribution in [0.15, 0.2) is 48.5 Å². The number of amides is 2. The highest BCUT2D eigenvalue weighted by Crippen LogP contribution is 2.28. The third-order valence-corrected chi connectivity index (χ3v) is 7.28. The molecule has 3 aromatic rings. The number of anilines is 1. The summed E-state index contributed by atoms with van der Waals surface area (Å²) in [5, 5.41) is 7.12. The lowest BCUT2D eigenvalue weighted by atomic mass is 9.81. The van der Waals surface area contributed by atoms with Gasteiger partial charge in [0.05, 0.1) is 4.88 Å². The third kappa shape index (κ3) is 5.14. The molecule has 0 saturated heterocycles. The molecule has 31 heavy (non-hydrogen) atoms. The molecule has 4 N–H and O–H groups in total. The van der Waals surface area contributed by atoms with Crippen LogP contribution in [0.1, 0.15) is 51.3 Å². The number of benzene rings is 2. The van der Waals surface area contributed by atoms with E-state index in [0.29, 0.717) is 28.8 Å². The lowest BCUT2D eigenvalue weighted by Crippen LogP contribution is -2.33. The van der Waals surface area contributed by atoms with Gasteiger partial charge in [0.25, 0.3) is 11.8 Å². The van der Waals surface area contributed by atoms with Gasteiger partial charge in [-0.1, -0.05) is 24.6 Å². The smallest absolute Gasteiger partial charge is 0.265 e. The van der Waals surface area contributed by atoms with E-state index in [-0.39, 0.29) is 11.8 Å². The summed E-state index contributed by atoms with van der Waals surface area (Å²) < 4.78 is 1.09. The SMILES string of the molecule is Cc1cc(C(=O)NCC2CCCC(CN)C2)ccc1NC(=O)c1cc2ccccc2s1. The van der Waals surface area contributed by atoms with E-state index < -0.39 is 0 Å². The van der Waals surface area contributed by atoms with Crippen molar-refractivity contribution in [2.45, 2.75) is 32.6 Å². The van der Waals surface area contributed by atoms with Gasteiger partial charge >= 0.3 is 0 Å². The molecule has 6 heteroatoms. The number of thiophene rings is 1. The maximum absolute atomic E-state index is 12.7. The van der Waals surface area contributed by atoms with Gasteiger partial charge in [0.15, 0.2) is 0 Å². The maximum Gasteiger partial charge on any atom is 0.265 e. The molecule has 162 valence electrons. The van der Waals surface area contributed by atoms with Crippen molar-refractivity contribution in [1.82, 2.24) is 5.32 Å². The molecule has 0 spiro atoms. The van der Waals surface area contributed by atoms with Gasteiger partial charge in [-0.25, -0.2) is 0 Å². The first-order chi connectivity index (χ1) is 15.0. The average Bonchev–Trinajstić information content (AvgIpc) is 3.23. The van der Waals surface area contributed by atoms with Crippen molar-refractivity contribution in [3.05, 3.63) is 64.5 Å². The fourth-order valence-corrected chi connectivity index (χ4v) is 5.32. The molecule has 0 aliphatic heterocycles. The second-order valence-corrected chi connectivity index (χ2v) is 9.56. The number of carbonyl (C=O) groups excluding carboxylic acids is 2. The van der Waals surface area contributed by atoms with Crippen molar-refractivity contribution in [3.63, 3.8) is 0 Å². The van der Waals surface area contributed by atoms with Gasteiger partial charge in [0.2, 0.25) is 0 Å². The molecule has 5 nitrogen and oxygen atoms in total. The van der Waals surface area contributed by atoms with E-state index in [1.807, 2.05) is 43.3 Å². The van der Waals surface area contributed by atoms with Crippen LogP contribution in [-0.2, 0) is 0 Å². The predicted molar refractivity (Wildman–Crippen MR) is 128 cm³/mol. The summed E-state index contributed by atoms with van der Waals surface area (Å²) in [6.45, 7) is 3.33. The summed E-state index contributed by atoms with van der Waals surface area (Å²) in [6, 6.07) is 15.3. The standard InChI is InChI=1S/C25H29N3O2S/c1-16-11-20(24(29)27-15-18-6-4-5-17(12-18)14-26)9-10-21(16)28-25(30)23-13-19-7-2-3-8-22(19)31-23/h2-3,7-11,13,17-18H,4-6,12,14-15,26H2,1H3,(H,27,29)(H,28,30). The van der Waals surface area contributed by atoms with Crippen molar-refractivity contribution >= 4 is 38.9 Å². The van der Waals surface area contributed by atoms with Crippen LogP contribution < -0.4 is 16.4 Å². The van der Waals surface area contributed by atoms with Gasteiger partial charge < -0.3 is 16.4 Å². The molecule has 1 fully saturated rings. The minimum atomic E-state index is -0.131. The number of nitrogens with two attached hydrogens (primary N) is 1. The zero-order chi connectivity index (χ0) is 21.8. The topological polar surface area (TPSA) is 84.2 Å². The Labute approximate surface area is 187 Å². The monoisotopic (exact) mass is 435 g/mol. The fourth-order valence-electron chi connectivity index (χ4n) is 4.36. The zero-order valence-corrected chi connectivity index (χ0v) is 18.6. The zero-order valence-electron chi connectivity index (χ0n) is 17.8. The molecule has 1 saturated carbocycles. The van der Waals surface area contributed by atoms with E-state index in [1.54, 1.807) is 12.1 Å². The molecule has 0 radical (unpaired) electrons. The van der Waals surface area contributed by atoms with Crippen LogP contribution in [0.2, 0.25) is 0 Å². The van der Waals surface area contributed by atoms with Crippen LogP contribution in [0, 0.1) is 18.8 Å². The first kappa shape index (κ1) is 21.5. The fraction of sp³-hybridized carbons (Fsp3) is 0.360. The summed E-state index contributed by atoms with van der Waals surface area (Å²) >= 11 is 1.48. The summed E-state index contributed by atoms with van der Waals surface area (Å²) in [5.41, 5.74) is 8.02. The van der Waals surface area contributed by atoms with Crippen LogP contribution in [0.3, 0.4) is 0 Å². The molecule has 1 aliphatic rings. The summed E-state index contributed by atoms with van der Waals surface area (Å²) in [6.07, 6.45) is 4.64. The van der Waals surface area contributed by atoms with E-state index in [4.69, 9.17) is 5.73 Å². The molecule has 0 bridgehead atoms. The number of hydrogen-bond donors (Lipinski definition) is 3. The second kappa shape index (κ2) is 9.62. The van der Waals surface area contributed by atoms with Gasteiger partial charge in [0, 0.05) is 22.5 Å². The van der Waals surface area contributed by atoms with E-state index in [1.165, 1.54) is 24.2 Å². The summed E-state index contributed by atoms with van der Waals surface area (Å²) in [4.78, 5) is 26.0. The van der Waals surface area contributed by atoms with Crippen LogP contribution in [-0.4, -0.2) is 24.9 Å². The number of nitrogens with one attached hydrogen (secondary N) is 2. The maximum atomic E-state index is 12.7. The number of aryl methyl sites for hydroxylation is 1. The highest BCUT2D eigenvalue weighted by atomic mass is 32.1. The molecular weight excluding hydrogens is 406 g/mol. The molecule has 1 heterocycles. The predicted octanol–water partition coefficient (Wildman–Crippen LogP) is 4.96. The lowest BCUT2D eigenvalue weighted by molar-refractivity contribution is 0.0940. The number of fused-ring (bicyclic) bond motifs is 1. The van der Waals surface area contributed by atoms with Crippen molar-refractivity contribution in [2.75, 3.05) is 18.4 Å². The molecule has 1 aliphatic carbocycles. The van der Waals surface area contributed by atoms with Gasteiger partial charge in [-0.05, 0) is 85.8 Å². The van der Waals surface area contributed by atoms with Crippen LogP contribution in [0.4, 0.5) is 5.69 Å². The molecule has 2 unspecified atom stereocenters. The highest BCUT2D eigenvalue weighted by Gasteiger charge is 2.21. The lowest BCUT2D eigenvalue weighted by Gasteiger charge is -2.28. The Hall–Kier alpha value is -2.70. The van der Waals surface area contributed by atoms with Crippen LogP contribution >= 0.6 is 11.3 Å². The Morgan fingerprint density at radius 1 is 1.06 bits per heavy atom. The second-order valence-electron chi connectivity index (χ2n) is 8.48. The first-order valence-corrected chi connectivity index (χ1v) is 11.7. The van der Waals surface area contributed by atoms with Crippen molar-refractivity contribution in [2.24, 2.45) is 17.6 Å². The van der Waals surface area contributed by atoms with Gasteiger partial charge in [-0.2, -0.15) is 0 Å².